The predicted molar refractivity (Wildman–Crippen MR) is 69.9 cm³/mol. The lowest BCUT2D eigenvalue weighted by Gasteiger charge is -2.02. The van der Waals surface area contributed by atoms with Crippen molar-refractivity contribution in [1.29, 1.82) is 0 Å². The second-order valence-electron chi connectivity index (χ2n) is 4.19. The van der Waals surface area contributed by atoms with Crippen molar-refractivity contribution in [2.75, 3.05) is 0 Å². The Kier molecular flexibility index (Phi) is 4.13. The molecule has 0 saturated heterocycles. The Morgan fingerprint density at radius 2 is 2.32 bits per heavy atom. The van der Waals surface area contributed by atoms with Crippen molar-refractivity contribution in [3.8, 4) is 0 Å². The minimum atomic E-state index is -1.05. The van der Waals surface area contributed by atoms with Gasteiger partial charge in [-0.05, 0) is 17.7 Å². The molecule has 2 rings (SSSR count). The van der Waals surface area contributed by atoms with Gasteiger partial charge in [-0.3, -0.25) is 4.79 Å². The van der Waals surface area contributed by atoms with Crippen LogP contribution in [0.1, 0.15) is 11.3 Å². The highest BCUT2D eigenvalue weighted by atomic mass is 35.5. The van der Waals surface area contributed by atoms with Crippen molar-refractivity contribution in [3.63, 3.8) is 0 Å². The molecule has 0 spiro atoms. The molecule has 1 heterocycles. The highest BCUT2D eigenvalue weighted by Gasteiger charge is 2.14. The van der Waals surface area contributed by atoms with Crippen molar-refractivity contribution in [1.82, 2.24) is 15.0 Å². The monoisotopic (exact) mass is 280 g/mol. The number of nitrogens with zero attached hydrogens (tertiary/aromatic N) is 3. The topological polar surface area (TPSA) is 94.0 Å². The summed E-state index contributed by atoms with van der Waals surface area (Å²) in [6.45, 7) is 0.524. The average Bonchev–Trinajstić information content (AvgIpc) is 2.76. The second-order valence-corrected chi connectivity index (χ2v) is 4.62. The van der Waals surface area contributed by atoms with Crippen LogP contribution >= 0.6 is 11.6 Å². The van der Waals surface area contributed by atoms with Gasteiger partial charge in [0.1, 0.15) is 6.04 Å². The molecule has 6 nitrogen and oxygen atoms in total. The molecular weight excluding hydrogens is 268 g/mol. The van der Waals surface area contributed by atoms with Gasteiger partial charge in [-0.15, -0.1) is 5.10 Å². The summed E-state index contributed by atoms with van der Waals surface area (Å²) in [4.78, 5) is 10.6. The van der Waals surface area contributed by atoms with E-state index in [1.165, 1.54) is 0 Å². The van der Waals surface area contributed by atoms with Gasteiger partial charge in [0.05, 0.1) is 12.2 Å². The number of aromatic nitrogens is 3. The van der Waals surface area contributed by atoms with Gasteiger partial charge in [0.15, 0.2) is 0 Å². The van der Waals surface area contributed by atoms with Gasteiger partial charge in [0, 0.05) is 17.6 Å². The minimum absolute atomic E-state index is 0.158. The van der Waals surface area contributed by atoms with E-state index in [1.54, 1.807) is 16.9 Å². The number of hydrogen-bond donors (Lipinski definition) is 2. The minimum Gasteiger partial charge on any atom is -0.480 e. The van der Waals surface area contributed by atoms with E-state index in [9.17, 15) is 4.79 Å². The Morgan fingerprint density at radius 1 is 1.53 bits per heavy atom. The maximum absolute atomic E-state index is 10.6. The molecule has 1 aromatic carbocycles. The van der Waals surface area contributed by atoms with Crippen LogP contribution in [0.25, 0.3) is 0 Å². The Labute approximate surface area is 114 Å². The van der Waals surface area contributed by atoms with Crippen molar-refractivity contribution in [2.24, 2.45) is 5.73 Å². The fourth-order valence-corrected chi connectivity index (χ4v) is 1.86. The van der Waals surface area contributed by atoms with Crippen LogP contribution in [0.5, 0.6) is 0 Å². The van der Waals surface area contributed by atoms with Crippen LogP contribution in [0, 0.1) is 0 Å². The molecule has 7 heteroatoms. The first-order chi connectivity index (χ1) is 9.04. The summed E-state index contributed by atoms with van der Waals surface area (Å²) < 4.78 is 1.62. The first-order valence-corrected chi connectivity index (χ1v) is 6.04. The van der Waals surface area contributed by atoms with E-state index >= 15 is 0 Å². The number of nitrogens with two attached hydrogens (primary N) is 1. The molecule has 0 saturated carbocycles. The highest BCUT2D eigenvalue weighted by molar-refractivity contribution is 6.30. The van der Waals surface area contributed by atoms with Gasteiger partial charge in [-0.25, -0.2) is 4.68 Å². The molecular formula is C12H13ClN4O2. The Morgan fingerprint density at radius 3 is 3.00 bits per heavy atom. The molecule has 19 heavy (non-hydrogen) atoms. The Balaban J connectivity index is 2.03. The van der Waals surface area contributed by atoms with E-state index in [0.29, 0.717) is 17.3 Å². The lowest BCUT2D eigenvalue weighted by Crippen LogP contribution is -2.32. The number of aliphatic carboxylic acids is 1. The number of carboxylic acids is 1. The van der Waals surface area contributed by atoms with Gasteiger partial charge >= 0.3 is 5.97 Å². The smallest absolute Gasteiger partial charge is 0.320 e. The summed E-state index contributed by atoms with van der Waals surface area (Å²) in [5.41, 5.74) is 6.98. The van der Waals surface area contributed by atoms with E-state index in [-0.39, 0.29) is 6.42 Å². The number of rotatable bonds is 5. The fraction of sp³-hybridized carbons (Fsp3) is 0.250. The summed E-state index contributed by atoms with van der Waals surface area (Å²) in [7, 11) is 0. The van der Waals surface area contributed by atoms with E-state index < -0.39 is 12.0 Å². The van der Waals surface area contributed by atoms with E-state index in [4.69, 9.17) is 22.4 Å². The molecule has 100 valence electrons. The number of benzene rings is 1. The average molecular weight is 281 g/mol. The first kappa shape index (κ1) is 13.5. The summed E-state index contributed by atoms with van der Waals surface area (Å²) in [5.74, 6) is -1.05. The zero-order valence-electron chi connectivity index (χ0n) is 10.0. The van der Waals surface area contributed by atoms with Gasteiger partial charge in [-0.2, -0.15) is 0 Å². The van der Waals surface area contributed by atoms with Crippen LogP contribution in [0.3, 0.4) is 0 Å². The van der Waals surface area contributed by atoms with Crippen molar-refractivity contribution in [3.05, 3.63) is 46.7 Å². The highest BCUT2D eigenvalue weighted by Crippen LogP contribution is 2.11. The predicted octanol–water partition coefficient (Wildman–Crippen LogP) is 0.934. The van der Waals surface area contributed by atoms with E-state index in [1.807, 2.05) is 18.2 Å². The molecule has 1 aromatic heterocycles. The molecule has 3 N–H and O–H groups in total. The van der Waals surface area contributed by atoms with Crippen molar-refractivity contribution in [2.45, 2.75) is 19.0 Å². The fourth-order valence-electron chi connectivity index (χ4n) is 1.64. The molecule has 0 bridgehead atoms. The van der Waals surface area contributed by atoms with Crippen molar-refractivity contribution < 1.29 is 9.90 Å². The van der Waals surface area contributed by atoms with E-state index in [2.05, 4.69) is 10.3 Å². The largest absolute Gasteiger partial charge is 0.480 e. The molecule has 2 aromatic rings. The van der Waals surface area contributed by atoms with E-state index in [0.717, 1.165) is 5.56 Å². The Hall–Kier alpha value is -1.92. The zero-order valence-corrected chi connectivity index (χ0v) is 10.8. The number of halogens is 1. The lowest BCUT2D eigenvalue weighted by molar-refractivity contribution is -0.138. The molecule has 0 radical (unpaired) electrons. The number of hydrogen-bond acceptors (Lipinski definition) is 4. The van der Waals surface area contributed by atoms with Crippen LogP contribution < -0.4 is 5.73 Å². The maximum atomic E-state index is 10.6. The molecule has 1 unspecified atom stereocenters. The number of carboxylic acid groups (broad SMARTS) is 1. The lowest BCUT2D eigenvalue weighted by atomic mass is 10.2. The normalized spacial score (nSPS) is 12.3. The SMILES string of the molecule is NC(Cc1cn(Cc2cccc(Cl)c2)nn1)C(=O)O. The van der Waals surface area contributed by atoms with Crippen LogP contribution in [-0.4, -0.2) is 32.1 Å². The zero-order chi connectivity index (χ0) is 13.8. The van der Waals surface area contributed by atoms with Crippen molar-refractivity contribution >= 4 is 17.6 Å². The Bertz CT molecular complexity index is 585. The van der Waals surface area contributed by atoms with Gasteiger partial charge < -0.3 is 10.8 Å². The third-order valence-corrected chi connectivity index (χ3v) is 2.80. The molecule has 0 aliphatic heterocycles. The summed E-state index contributed by atoms with van der Waals surface area (Å²) in [6.07, 6.45) is 1.84. The summed E-state index contributed by atoms with van der Waals surface area (Å²) in [6, 6.07) is 6.46. The molecule has 0 aliphatic rings. The molecule has 0 aliphatic carbocycles. The van der Waals surface area contributed by atoms with Gasteiger partial charge in [-0.1, -0.05) is 28.9 Å². The molecule has 0 amide bonds. The quantitative estimate of drug-likeness (QED) is 0.850. The van der Waals surface area contributed by atoms with Crippen LogP contribution in [-0.2, 0) is 17.8 Å². The third kappa shape index (κ3) is 3.77. The summed E-state index contributed by atoms with van der Waals surface area (Å²) in [5, 5.41) is 17.2. The standard InChI is InChI=1S/C12H13ClN4O2/c13-9-3-1-2-8(4-9)6-17-7-10(15-16-17)5-11(14)12(18)19/h1-4,7,11H,5-6,14H2,(H,18,19). The number of carbonyl (C=O) groups is 1. The first-order valence-electron chi connectivity index (χ1n) is 5.66. The summed E-state index contributed by atoms with van der Waals surface area (Å²) >= 11 is 5.89. The molecule has 0 fully saturated rings. The third-order valence-electron chi connectivity index (χ3n) is 2.57. The van der Waals surface area contributed by atoms with Crippen LogP contribution in [0.15, 0.2) is 30.5 Å². The second kappa shape index (κ2) is 5.81. The maximum Gasteiger partial charge on any atom is 0.320 e. The van der Waals surface area contributed by atoms with Crippen LogP contribution in [0.4, 0.5) is 0 Å². The van der Waals surface area contributed by atoms with Crippen LogP contribution in [0.2, 0.25) is 5.02 Å². The van der Waals surface area contributed by atoms with Gasteiger partial charge in [0.2, 0.25) is 0 Å². The van der Waals surface area contributed by atoms with Gasteiger partial charge in [0.25, 0.3) is 0 Å². The molecule has 1 atom stereocenters.